The molecule has 67 heavy (non-hydrogen) atoms. The second-order valence-electron chi connectivity index (χ2n) is 17.7. The minimum Gasteiger partial charge on any atom is -0.464 e. The van der Waals surface area contributed by atoms with E-state index in [0.29, 0.717) is 31.9 Å². The highest BCUT2D eigenvalue weighted by molar-refractivity contribution is 6.12. The van der Waals surface area contributed by atoms with Crippen molar-refractivity contribution in [3.05, 3.63) is 89.9 Å². The lowest BCUT2D eigenvalue weighted by atomic mass is 9.89. The molecule has 362 valence electrons. The number of alkyl carbamates (subject to hydrolysis) is 1. The molecule has 1 aromatic heterocycles. The van der Waals surface area contributed by atoms with Gasteiger partial charge in [0.25, 0.3) is 11.8 Å². The number of hydrogen-bond donors (Lipinski definition) is 2. The molecule has 0 saturated carbocycles. The van der Waals surface area contributed by atoms with Crippen molar-refractivity contribution in [2.75, 3.05) is 65.8 Å². The lowest BCUT2D eigenvalue weighted by Crippen LogP contribution is -2.52. The largest absolute Gasteiger partial charge is 0.464 e. The Bertz CT molecular complexity index is 2250. The third kappa shape index (κ3) is 14.1. The lowest BCUT2D eigenvalue weighted by Gasteiger charge is -2.40. The minimum absolute atomic E-state index is 0.00422. The first-order valence-electron chi connectivity index (χ1n) is 22.3. The van der Waals surface area contributed by atoms with Crippen LogP contribution in [0.2, 0.25) is 0 Å². The van der Waals surface area contributed by atoms with Gasteiger partial charge in [0.1, 0.15) is 35.8 Å². The monoisotopic (exact) mass is 935 g/mol. The Kier molecular flexibility index (Phi) is 17.1. The molecule has 0 bridgehead atoms. The van der Waals surface area contributed by atoms with E-state index in [1.54, 1.807) is 38.8 Å². The Morgan fingerprint density at radius 2 is 1.70 bits per heavy atom. The summed E-state index contributed by atoms with van der Waals surface area (Å²) in [6.07, 6.45) is 2.50. The van der Waals surface area contributed by atoms with Crippen molar-refractivity contribution in [1.82, 2.24) is 34.9 Å². The third-order valence-electron chi connectivity index (χ3n) is 11.3. The van der Waals surface area contributed by atoms with Gasteiger partial charge in [-0.1, -0.05) is 30.3 Å². The van der Waals surface area contributed by atoms with Crippen LogP contribution in [0.3, 0.4) is 0 Å². The zero-order valence-corrected chi connectivity index (χ0v) is 38.4. The number of likely N-dealkylation sites (tertiary alicyclic amines) is 1. The van der Waals surface area contributed by atoms with Gasteiger partial charge >= 0.3 is 24.2 Å². The Labute approximate surface area is 387 Å². The van der Waals surface area contributed by atoms with Gasteiger partial charge in [-0.15, -0.1) is 0 Å². The number of aromatic nitrogens is 2. The first-order chi connectivity index (χ1) is 31.9. The van der Waals surface area contributed by atoms with Crippen LogP contribution in [0, 0.1) is 23.5 Å². The second kappa shape index (κ2) is 22.9. The maximum Gasteiger partial charge on any atom is 0.410 e. The molecule has 4 atom stereocenters. The van der Waals surface area contributed by atoms with E-state index in [9.17, 15) is 33.2 Å². The number of nitrogens with one attached hydrogen (secondary N) is 2. The third-order valence-corrected chi connectivity index (χ3v) is 11.3. The van der Waals surface area contributed by atoms with Gasteiger partial charge < -0.3 is 48.7 Å². The van der Waals surface area contributed by atoms with Crippen LogP contribution in [-0.2, 0) is 44.6 Å². The molecule has 20 heteroatoms. The lowest BCUT2D eigenvalue weighted by molar-refractivity contribution is -0.141. The number of hydrogen-bond acceptors (Lipinski definition) is 12. The fraction of sp³-hybridized carbons (Fsp3) is 0.511. The zero-order chi connectivity index (χ0) is 48.3. The van der Waals surface area contributed by atoms with Crippen LogP contribution >= 0.6 is 0 Å². The van der Waals surface area contributed by atoms with E-state index in [2.05, 4.69) is 10.6 Å². The average Bonchev–Trinajstić information content (AvgIpc) is 3.98. The highest BCUT2D eigenvalue weighted by Gasteiger charge is 2.45. The molecule has 2 saturated heterocycles. The number of carbonyl (C=O) groups is 6. The topological polar surface area (TPSA) is 200 Å². The number of carbonyl (C=O) groups excluding carboxylic acids is 6. The van der Waals surface area contributed by atoms with Gasteiger partial charge in [0.2, 0.25) is 0 Å². The maximum absolute atomic E-state index is 15.5. The molecule has 2 fully saturated rings. The molecular formula is C47H59F2N7O11. The number of halogens is 2. The fourth-order valence-corrected chi connectivity index (χ4v) is 8.13. The summed E-state index contributed by atoms with van der Waals surface area (Å²) in [5, 5.41) is 5.60. The van der Waals surface area contributed by atoms with Crippen molar-refractivity contribution in [3.8, 4) is 11.3 Å². The van der Waals surface area contributed by atoms with Crippen molar-refractivity contribution in [1.29, 1.82) is 0 Å². The smallest absolute Gasteiger partial charge is 0.410 e. The van der Waals surface area contributed by atoms with Gasteiger partial charge in [-0.3, -0.25) is 19.3 Å². The van der Waals surface area contributed by atoms with Crippen molar-refractivity contribution in [2.45, 2.75) is 77.8 Å². The normalized spacial score (nSPS) is 18.4. The number of rotatable bonds is 18. The predicted octanol–water partition coefficient (Wildman–Crippen LogP) is 5.21. The van der Waals surface area contributed by atoms with Crippen molar-refractivity contribution in [2.24, 2.45) is 11.8 Å². The summed E-state index contributed by atoms with van der Waals surface area (Å²) in [6, 6.07) is 10.4. The van der Waals surface area contributed by atoms with E-state index in [1.165, 1.54) is 24.0 Å². The number of amides is 6. The van der Waals surface area contributed by atoms with Crippen LogP contribution in [-0.4, -0.2) is 144 Å². The molecule has 0 spiro atoms. The Morgan fingerprint density at radius 3 is 2.39 bits per heavy atom. The number of urea groups is 1. The van der Waals surface area contributed by atoms with Crippen molar-refractivity contribution < 1.29 is 61.2 Å². The molecule has 3 aromatic rings. The molecule has 6 amide bonds. The molecule has 6 rings (SSSR count). The van der Waals surface area contributed by atoms with E-state index < -0.39 is 77.3 Å². The van der Waals surface area contributed by atoms with Crippen LogP contribution in [0.5, 0.6) is 0 Å². The molecule has 3 aliphatic heterocycles. The van der Waals surface area contributed by atoms with E-state index in [4.69, 9.17) is 28.7 Å². The first-order valence-corrected chi connectivity index (χ1v) is 22.3. The molecule has 3 aliphatic rings. The highest BCUT2D eigenvalue weighted by atomic mass is 19.1. The minimum atomic E-state index is -0.974. The van der Waals surface area contributed by atoms with Crippen LogP contribution < -0.4 is 10.6 Å². The SMILES string of the molecule is CC(=O)OC[C@@H](C)NC(=O)N(C[C@@H]1CN(C(=O)OC(C)(C)C)C[C@H]1OC(=O)NCCOCCN1C(=O)C=CC1=O)[C@@H](c1nc(-c2cc(F)ccc2F)cn1Cc1ccccc1)C1CCOCC1. The van der Waals surface area contributed by atoms with Crippen molar-refractivity contribution >= 4 is 36.0 Å². The quantitative estimate of drug-likeness (QED) is 0.0732. The number of esters is 1. The summed E-state index contributed by atoms with van der Waals surface area (Å²) >= 11 is 0. The summed E-state index contributed by atoms with van der Waals surface area (Å²) in [5.74, 6) is -3.41. The van der Waals surface area contributed by atoms with E-state index in [1.807, 2.05) is 34.9 Å². The summed E-state index contributed by atoms with van der Waals surface area (Å²) in [6.45, 7) is 8.86. The van der Waals surface area contributed by atoms with Gasteiger partial charge in [0.05, 0.1) is 44.1 Å². The number of benzene rings is 2. The number of ether oxygens (including phenoxy) is 5. The molecule has 18 nitrogen and oxygen atoms in total. The standard InChI is InChI=1S/C47H59F2N7O11/c1-30(29-65-31(2)57)51-44(60)56(26-34-25-54(46(62)67-47(3,4)5)28-39(34)66-45(61)50-17-21-64-22-18-55-40(58)13-14-41(55)59)42(33-15-19-63-20-16-33)43-52-38(36-23-35(48)11-12-37(36)49)27-53(43)24-32-9-7-6-8-10-32/h6-14,23,27,30,33-34,39,42H,15-22,24-26,28-29H2,1-5H3,(H,50,61)(H,51,60)/t30-,34+,39-,42-/m1/s1. The van der Waals surface area contributed by atoms with E-state index in [-0.39, 0.29) is 76.3 Å². The van der Waals surface area contributed by atoms with Crippen LogP contribution in [0.25, 0.3) is 11.3 Å². The van der Waals surface area contributed by atoms with Gasteiger partial charge in [-0.05, 0) is 70.2 Å². The Hall–Kier alpha value is -6.41. The zero-order valence-electron chi connectivity index (χ0n) is 38.4. The van der Waals surface area contributed by atoms with Gasteiger partial charge in [0.15, 0.2) is 0 Å². The predicted molar refractivity (Wildman–Crippen MR) is 237 cm³/mol. The van der Waals surface area contributed by atoms with Gasteiger partial charge in [-0.25, -0.2) is 28.1 Å². The van der Waals surface area contributed by atoms with Crippen LogP contribution in [0.1, 0.15) is 64.9 Å². The molecule has 2 N–H and O–H groups in total. The summed E-state index contributed by atoms with van der Waals surface area (Å²) in [4.78, 5) is 86.5. The number of imide groups is 1. The van der Waals surface area contributed by atoms with Crippen molar-refractivity contribution in [3.63, 3.8) is 0 Å². The summed E-state index contributed by atoms with van der Waals surface area (Å²) in [7, 11) is 0. The van der Waals surface area contributed by atoms with E-state index in [0.717, 1.165) is 28.7 Å². The van der Waals surface area contributed by atoms with Crippen LogP contribution in [0.15, 0.2) is 66.9 Å². The fourth-order valence-electron chi connectivity index (χ4n) is 8.13. The number of nitrogens with zero attached hydrogens (tertiary/aromatic N) is 5. The Morgan fingerprint density at radius 1 is 0.985 bits per heavy atom. The van der Waals surface area contributed by atoms with Gasteiger partial charge in [-0.2, -0.15) is 0 Å². The summed E-state index contributed by atoms with van der Waals surface area (Å²) < 4.78 is 60.3. The summed E-state index contributed by atoms with van der Waals surface area (Å²) in [5.41, 5.74) is 0.0682. The molecule has 0 unspecified atom stereocenters. The van der Waals surface area contributed by atoms with Crippen LogP contribution in [0.4, 0.5) is 23.2 Å². The Balaban J connectivity index is 1.34. The maximum atomic E-state index is 15.5. The first kappa shape index (κ1) is 50.0. The molecule has 2 aromatic carbocycles. The van der Waals surface area contributed by atoms with Gasteiger partial charge in [0, 0.05) is 76.1 Å². The highest BCUT2D eigenvalue weighted by Crippen LogP contribution is 2.39. The average molecular weight is 936 g/mol. The molecule has 4 heterocycles. The van der Waals surface area contributed by atoms with E-state index >= 15 is 4.39 Å². The molecule has 0 aliphatic carbocycles. The molecular weight excluding hydrogens is 877 g/mol. The number of imidazole rings is 1. The molecule has 0 radical (unpaired) electrons. The second-order valence-corrected chi connectivity index (χ2v) is 17.7.